The predicted octanol–water partition coefficient (Wildman–Crippen LogP) is 1.79. The van der Waals surface area contributed by atoms with Crippen LogP contribution in [0, 0.1) is 0 Å². The van der Waals surface area contributed by atoms with E-state index in [1.165, 1.54) is 23.1 Å². The molecule has 0 saturated carbocycles. The lowest BCUT2D eigenvalue weighted by molar-refractivity contribution is -0.137. The number of hydrogen-bond acceptors (Lipinski definition) is 7. The molecular formula is C18H15BN2O4S2. The van der Waals surface area contributed by atoms with Gasteiger partial charge in [0.05, 0.1) is 10.2 Å². The topological polar surface area (TPSA) is 92.0 Å². The van der Waals surface area contributed by atoms with Crippen LogP contribution in [0.1, 0.15) is 10.6 Å². The van der Waals surface area contributed by atoms with Gasteiger partial charge in [0.1, 0.15) is 22.4 Å². The molecule has 27 heavy (non-hydrogen) atoms. The van der Waals surface area contributed by atoms with Crippen LogP contribution in [0.5, 0.6) is 5.75 Å². The molecule has 0 saturated heterocycles. The molecule has 1 aromatic heterocycles. The molecule has 0 radical (unpaired) electrons. The van der Waals surface area contributed by atoms with E-state index in [-0.39, 0.29) is 7.48 Å². The van der Waals surface area contributed by atoms with E-state index in [1.54, 1.807) is 0 Å². The van der Waals surface area contributed by atoms with Gasteiger partial charge in [-0.2, -0.15) is 0 Å². The number of aromatic nitrogens is 1. The Morgan fingerprint density at radius 3 is 2.78 bits per heavy atom. The van der Waals surface area contributed by atoms with Gasteiger partial charge in [0.15, 0.2) is 6.04 Å². The van der Waals surface area contributed by atoms with Crippen LogP contribution in [-0.4, -0.2) is 45.4 Å². The zero-order valence-electron chi connectivity index (χ0n) is 14.2. The monoisotopic (exact) mass is 398 g/mol. The summed E-state index contributed by atoms with van der Waals surface area (Å²) in [5.74, 6) is 0.291. The van der Waals surface area contributed by atoms with Gasteiger partial charge in [-0.1, -0.05) is 29.7 Å². The van der Waals surface area contributed by atoms with Crippen molar-refractivity contribution in [1.82, 2.24) is 4.98 Å². The van der Waals surface area contributed by atoms with Crippen molar-refractivity contribution in [2.24, 2.45) is 4.99 Å². The average molecular weight is 398 g/mol. The number of ether oxygens (including phenoxy) is 1. The molecule has 2 N–H and O–H groups in total. The second-order valence-corrected chi connectivity index (χ2v) is 8.05. The lowest BCUT2D eigenvalue weighted by Gasteiger charge is -2.06. The Hall–Kier alpha value is -2.36. The number of carboxylic acid groups (broad SMARTS) is 1. The largest absolute Gasteiger partial charge is 0.489 e. The van der Waals surface area contributed by atoms with E-state index in [4.69, 9.17) is 14.9 Å². The van der Waals surface area contributed by atoms with E-state index in [9.17, 15) is 4.79 Å². The highest BCUT2D eigenvalue weighted by Gasteiger charge is 2.26. The van der Waals surface area contributed by atoms with E-state index < -0.39 is 12.0 Å². The van der Waals surface area contributed by atoms with Crippen molar-refractivity contribution in [3.63, 3.8) is 0 Å². The Kier molecular flexibility index (Phi) is 5.15. The number of carbonyl (C=O) groups is 1. The number of rotatable bonds is 6. The van der Waals surface area contributed by atoms with Gasteiger partial charge in [0.2, 0.25) is 0 Å². The van der Waals surface area contributed by atoms with E-state index >= 15 is 0 Å². The van der Waals surface area contributed by atoms with Crippen LogP contribution in [0.15, 0.2) is 47.5 Å². The molecule has 3 aromatic rings. The van der Waals surface area contributed by atoms with Gasteiger partial charge < -0.3 is 14.9 Å². The first kappa shape index (κ1) is 18.0. The number of thioether (sulfide) groups is 1. The Labute approximate surface area is 164 Å². The van der Waals surface area contributed by atoms with Gasteiger partial charge >= 0.3 is 13.5 Å². The molecule has 4 rings (SSSR count). The van der Waals surface area contributed by atoms with E-state index in [1.807, 2.05) is 42.5 Å². The van der Waals surface area contributed by atoms with Gasteiger partial charge in [0.25, 0.3) is 0 Å². The number of aliphatic carboxylic acids is 1. The SMILES string of the molecule is O=C(O)[C@H]1CSC(c2nc3ccc(OCc4ccc(BO)cc4)cc3s2)=N1. The maximum atomic E-state index is 11.1. The fourth-order valence-electron chi connectivity index (χ4n) is 2.61. The second-order valence-electron chi connectivity index (χ2n) is 6.01. The van der Waals surface area contributed by atoms with Crippen LogP contribution >= 0.6 is 23.1 Å². The summed E-state index contributed by atoms with van der Waals surface area (Å²) in [6.07, 6.45) is 0. The Balaban J connectivity index is 1.49. The molecule has 1 aliphatic rings. The first-order valence-electron chi connectivity index (χ1n) is 8.28. The molecule has 0 spiro atoms. The Bertz CT molecular complexity index is 1020. The standard InChI is InChI=1S/C18H15BN2O4S2/c22-18(23)14-9-26-16(21-14)17-20-13-6-5-12(7-15(13)27-17)25-8-10-1-3-11(19-24)4-2-10/h1-7,14,19,24H,8-9H2,(H,22,23)/t14-/m1/s1. The number of aliphatic imine (C=N–C) groups is 1. The molecule has 6 nitrogen and oxygen atoms in total. The molecule has 0 unspecified atom stereocenters. The average Bonchev–Trinajstić information content (AvgIpc) is 3.33. The van der Waals surface area contributed by atoms with Gasteiger partial charge in [-0.15, -0.1) is 23.1 Å². The third-order valence-corrected chi connectivity index (χ3v) is 6.30. The van der Waals surface area contributed by atoms with Crippen LogP contribution in [-0.2, 0) is 11.4 Å². The normalized spacial score (nSPS) is 16.3. The second kappa shape index (κ2) is 7.71. The molecule has 0 aliphatic carbocycles. The smallest absolute Gasteiger partial charge is 0.329 e. The first-order chi connectivity index (χ1) is 13.1. The summed E-state index contributed by atoms with van der Waals surface area (Å²) in [6, 6.07) is 12.6. The van der Waals surface area contributed by atoms with E-state index in [0.29, 0.717) is 17.4 Å². The number of thiazole rings is 1. The predicted molar refractivity (Wildman–Crippen MR) is 110 cm³/mol. The lowest BCUT2D eigenvalue weighted by Crippen LogP contribution is -2.17. The molecular weight excluding hydrogens is 383 g/mol. The van der Waals surface area contributed by atoms with Crippen molar-refractivity contribution in [2.75, 3.05) is 5.75 Å². The molecule has 2 heterocycles. The minimum absolute atomic E-state index is 0.0301. The van der Waals surface area contributed by atoms with Crippen molar-refractivity contribution in [2.45, 2.75) is 12.6 Å². The number of fused-ring (bicyclic) bond motifs is 1. The molecule has 0 bridgehead atoms. The highest BCUT2D eigenvalue weighted by Crippen LogP contribution is 2.31. The fourth-order valence-corrected chi connectivity index (χ4v) is 4.70. The Morgan fingerprint density at radius 1 is 1.26 bits per heavy atom. The highest BCUT2D eigenvalue weighted by molar-refractivity contribution is 8.15. The molecule has 9 heteroatoms. The van der Waals surface area contributed by atoms with Gasteiger partial charge in [0, 0.05) is 5.75 Å². The first-order valence-corrected chi connectivity index (χ1v) is 10.1. The zero-order valence-corrected chi connectivity index (χ0v) is 15.8. The Morgan fingerprint density at radius 2 is 2.07 bits per heavy atom. The van der Waals surface area contributed by atoms with Crippen LogP contribution in [0.4, 0.5) is 0 Å². The van der Waals surface area contributed by atoms with Crippen molar-refractivity contribution in [3.8, 4) is 5.75 Å². The summed E-state index contributed by atoms with van der Waals surface area (Å²) in [5.41, 5.74) is 2.74. The number of benzene rings is 2. The minimum atomic E-state index is -0.902. The van der Waals surface area contributed by atoms with Crippen molar-refractivity contribution < 1.29 is 19.7 Å². The summed E-state index contributed by atoms with van der Waals surface area (Å²) in [4.78, 5) is 19.9. The lowest BCUT2D eigenvalue weighted by atomic mass is 9.88. The molecule has 136 valence electrons. The molecule has 1 aliphatic heterocycles. The summed E-state index contributed by atoms with van der Waals surface area (Å²) in [6.45, 7) is 0.436. The number of nitrogens with zero attached hydrogens (tertiary/aromatic N) is 2. The van der Waals surface area contributed by atoms with Crippen molar-refractivity contribution >= 4 is 57.3 Å². The summed E-state index contributed by atoms with van der Waals surface area (Å²) in [5, 5.41) is 19.6. The summed E-state index contributed by atoms with van der Waals surface area (Å²) >= 11 is 2.92. The molecule has 2 aromatic carbocycles. The molecule has 1 atom stereocenters. The quantitative estimate of drug-likeness (QED) is 0.616. The maximum Gasteiger partial charge on any atom is 0.329 e. The van der Waals surface area contributed by atoms with Crippen LogP contribution < -0.4 is 10.2 Å². The van der Waals surface area contributed by atoms with E-state index in [0.717, 1.165) is 32.0 Å². The van der Waals surface area contributed by atoms with Crippen LogP contribution in [0.25, 0.3) is 10.2 Å². The third-order valence-electron chi connectivity index (χ3n) is 4.09. The van der Waals surface area contributed by atoms with Gasteiger partial charge in [-0.3, -0.25) is 4.99 Å². The summed E-state index contributed by atoms with van der Waals surface area (Å²) < 4.78 is 6.83. The summed E-state index contributed by atoms with van der Waals surface area (Å²) in [7, 11) is 0.0301. The number of hydrogen-bond donors (Lipinski definition) is 2. The third kappa shape index (κ3) is 4.00. The van der Waals surface area contributed by atoms with Crippen LogP contribution in [0.3, 0.4) is 0 Å². The number of carboxylic acids is 1. The van der Waals surface area contributed by atoms with Crippen molar-refractivity contribution in [3.05, 3.63) is 53.0 Å². The highest BCUT2D eigenvalue weighted by atomic mass is 32.2. The zero-order chi connectivity index (χ0) is 18.8. The van der Waals surface area contributed by atoms with Gasteiger partial charge in [-0.05, 0) is 23.8 Å². The van der Waals surface area contributed by atoms with Gasteiger partial charge in [-0.25, -0.2) is 9.78 Å². The van der Waals surface area contributed by atoms with Crippen LogP contribution in [0.2, 0.25) is 0 Å². The minimum Gasteiger partial charge on any atom is -0.489 e. The fraction of sp³-hybridized carbons (Fsp3) is 0.167. The maximum absolute atomic E-state index is 11.1. The van der Waals surface area contributed by atoms with Crippen molar-refractivity contribution in [1.29, 1.82) is 0 Å². The molecule has 0 fully saturated rings. The molecule has 0 amide bonds. The van der Waals surface area contributed by atoms with E-state index in [2.05, 4.69) is 9.98 Å².